The number of carbonyl (C=O) groups is 1. The van der Waals surface area contributed by atoms with E-state index in [-0.39, 0.29) is 11.9 Å². The molecule has 1 atom stereocenters. The van der Waals surface area contributed by atoms with Gasteiger partial charge in [0.15, 0.2) is 0 Å². The molecule has 0 aromatic heterocycles. The van der Waals surface area contributed by atoms with Crippen molar-refractivity contribution in [3.8, 4) is 0 Å². The van der Waals surface area contributed by atoms with Crippen molar-refractivity contribution >= 4 is 5.91 Å². The Morgan fingerprint density at radius 3 is 2.82 bits per heavy atom. The van der Waals surface area contributed by atoms with Gasteiger partial charge in [-0.1, -0.05) is 36.8 Å². The third-order valence-corrected chi connectivity index (χ3v) is 2.70. The van der Waals surface area contributed by atoms with Crippen molar-refractivity contribution in [3.05, 3.63) is 35.4 Å². The van der Waals surface area contributed by atoms with E-state index in [9.17, 15) is 4.79 Å². The summed E-state index contributed by atoms with van der Waals surface area (Å²) in [5.41, 5.74) is 2.37. The number of nitrogens with one attached hydrogen (secondary N) is 2. The molecule has 1 amide bonds. The minimum absolute atomic E-state index is 0.0732. The van der Waals surface area contributed by atoms with Gasteiger partial charge < -0.3 is 10.6 Å². The van der Waals surface area contributed by atoms with Gasteiger partial charge in [0.2, 0.25) is 5.91 Å². The lowest BCUT2D eigenvalue weighted by Crippen LogP contribution is -2.29. The number of aryl methyl sites for hydroxylation is 1. The molecule has 17 heavy (non-hydrogen) atoms. The summed E-state index contributed by atoms with van der Waals surface area (Å²) in [6.07, 6.45) is 0.532. The predicted octanol–water partition coefficient (Wildman–Crippen LogP) is 2.17. The molecule has 0 unspecified atom stereocenters. The number of hydrogen-bond donors (Lipinski definition) is 2. The van der Waals surface area contributed by atoms with Crippen molar-refractivity contribution in [2.45, 2.75) is 33.2 Å². The van der Waals surface area contributed by atoms with Crippen molar-refractivity contribution in [1.82, 2.24) is 10.6 Å². The minimum atomic E-state index is 0.0732. The lowest BCUT2D eigenvalue weighted by atomic mass is 10.1. The molecule has 3 nitrogen and oxygen atoms in total. The fourth-order valence-electron chi connectivity index (χ4n) is 1.72. The van der Waals surface area contributed by atoms with Crippen LogP contribution in [0.15, 0.2) is 24.3 Å². The van der Waals surface area contributed by atoms with Crippen LogP contribution in [0.4, 0.5) is 0 Å². The van der Waals surface area contributed by atoms with E-state index < -0.39 is 0 Å². The molecular formula is C14H22N2O. The molecule has 0 aliphatic carbocycles. The average Bonchev–Trinajstić information content (AvgIpc) is 2.29. The Bertz CT molecular complexity index is 363. The van der Waals surface area contributed by atoms with Crippen molar-refractivity contribution in [1.29, 1.82) is 0 Å². The molecule has 0 heterocycles. The number of amides is 1. The maximum absolute atomic E-state index is 11.6. The highest BCUT2D eigenvalue weighted by molar-refractivity contribution is 5.76. The second-order valence-corrected chi connectivity index (χ2v) is 4.31. The Kier molecular flexibility index (Phi) is 5.70. The summed E-state index contributed by atoms with van der Waals surface area (Å²) in [4.78, 5) is 11.6. The maximum Gasteiger partial charge on any atom is 0.221 e. The highest BCUT2D eigenvalue weighted by Crippen LogP contribution is 2.13. The number of benzene rings is 1. The molecule has 0 saturated carbocycles. The van der Waals surface area contributed by atoms with E-state index in [4.69, 9.17) is 0 Å². The summed E-state index contributed by atoms with van der Waals surface area (Å²) in [7, 11) is 0. The first kappa shape index (κ1) is 13.7. The van der Waals surface area contributed by atoms with E-state index in [1.165, 1.54) is 5.56 Å². The van der Waals surface area contributed by atoms with Crippen LogP contribution in [0.2, 0.25) is 0 Å². The second kappa shape index (κ2) is 7.07. The molecule has 0 spiro atoms. The van der Waals surface area contributed by atoms with E-state index in [1.807, 2.05) is 26.0 Å². The van der Waals surface area contributed by atoms with Crippen LogP contribution in [0.1, 0.15) is 37.4 Å². The van der Waals surface area contributed by atoms with Crippen LogP contribution < -0.4 is 10.6 Å². The summed E-state index contributed by atoms with van der Waals surface area (Å²) in [5, 5.41) is 6.14. The Balaban J connectivity index is 2.43. The summed E-state index contributed by atoms with van der Waals surface area (Å²) in [5.74, 6) is 0.0972. The standard InChI is InChI=1S/C14H22N2O/c1-4-15-9-8-14(17)16-12(3)13-7-5-6-11(2)10-13/h5-7,10,12,15H,4,8-9H2,1-3H3,(H,16,17)/t12-/m1/s1. The first-order valence-electron chi connectivity index (χ1n) is 6.20. The molecule has 1 rings (SSSR count). The average molecular weight is 234 g/mol. The van der Waals surface area contributed by atoms with Gasteiger partial charge in [-0.25, -0.2) is 0 Å². The topological polar surface area (TPSA) is 41.1 Å². The number of carbonyl (C=O) groups excluding carboxylic acids is 1. The quantitative estimate of drug-likeness (QED) is 0.741. The SMILES string of the molecule is CCNCCC(=O)N[C@H](C)c1cccc(C)c1. The molecule has 0 aliphatic heterocycles. The predicted molar refractivity (Wildman–Crippen MR) is 70.9 cm³/mol. The molecule has 2 N–H and O–H groups in total. The fourth-order valence-corrected chi connectivity index (χ4v) is 1.72. The monoisotopic (exact) mass is 234 g/mol. The largest absolute Gasteiger partial charge is 0.350 e. The zero-order chi connectivity index (χ0) is 12.7. The van der Waals surface area contributed by atoms with E-state index in [1.54, 1.807) is 0 Å². The molecular weight excluding hydrogens is 212 g/mol. The summed E-state index contributed by atoms with van der Waals surface area (Å²) in [6, 6.07) is 8.30. The lowest BCUT2D eigenvalue weighted by molar-refractivity contribution is -0.121. The van der Waals surface area contributed by atoms with E-state index in [0.717, 1.165) is 18.7 Å². The van der Waals surface area contributed by atoms with Crippen molar-refractivity contribution < 1.29 is 4.79 Å². The first-order valence-corrected chi connectivity index (χ1v) is 6.20. The Labute approximate surface area is 104 Å². The third kappa shape index (κ3) is 5.00. The molecule has 94 valence electrons. The van der Waals surface area contributed by atoms with Crippen LogP contribution in [-0.2, 0) is 4.79 Å². The van der Waals surface area contributed by atoms with Crippen LogP contribution in [0, 0.1) is 6.92 Å². The highest BCUT2D eigenvalue weighted by atomic mass is 16.1. The van der Waals surface area contributed by atoms with Crippen LogP contribution >= 0.6 is 0 Å². The maximum atomic E-state index is 11.6. The van der Waals surface area contributed by atoms with Crippen LogP contribution in [-0.4, -0.2) is 19.0 Å². The van der Waals surface area contributed by atoms with E-state index in [0.29, 0.717) is 6.42 Å². The third-order valence-electron chi connectivity index (χ3n) is 2.70. The van der Waals surface area contributed by atoms with Crippen molar-refractivity contribution in [2.75, 3.05) is 13.1 Å². The Morgan fingerprint density at radius 2 is 2.18 bits per heavy atom. The molecule has 0 bridgehead atoms. The van der Waals surface area contributed by atoms with Crippen molar-refractivity contribution in [2.24, 2.45) is 0 Å². The normalized spacial score (nSPS) is 12.2. The molecule has 0 fully saturated rings. The number of rotatable bonds is 6. The number of hydrogen-bond acceptors (Lipinski definition) is 2. The Hall–Kier alpha value is -1.35. The molecule has 3 heteroatoms. The highest BCUT2D eigenvalue weighted by Gasteiger charge is 2.08. The van der Waals surface area contributed by atoms with Gasteiger partial charge in [0.25, 0.3) is 0 Å². The summed E-state index contributed by atoms with van der Waals surface area (Å²) >= 11 is 0. The summed E-state index contributed by atoms with van der Waals surface area (Å²) < 4.78 is 0. The first-order chi connectivity index (χ1) is 8.13. The molecule has 1 aromatic carbocycles. The minimum Gasteiger partial charge on any atom is -0.350 e. The van der Waals surface area contributed by atoms with Gasteiger partial charge in [0.1, 0.15) is 0 Å². The van der Waals surface area contributed by atoms with Gasteiger partial charge in [-0.3, -0.25) is 4.79 Å². The van der Waals surface area contributed by atoms with Gasteiger partial charge in [-0.05, 0) is 26.0 Å². The molecule has 0 aliphatic rings. The van der Waals surface area contributed by atoms with Gasteiger partial charge in [0.05, 0.1) is 6.04 Å². The summed E-state index contributed by atoms with van der Waals surface area (Å²) in [6.45, 7) is 7.75. The smallest absolute Gasteiger partial charge is 0.221 e. The molecule has 0 saturated heterocycles. The van der Waals surface area contributed by atoms with Gasteiger partial charge in [0, 0.05) is 13.0 Å². The van der Waals surface area contributed by atoms with Gasteiger partial charge in [-0.15, -0.1) is 0 Å². The lowest BCUT2D eigenvalue weighted by Gasteiger charge is -2.15. The fraction of sp³-hybridized carbons (Fsp3) is 0.500. The molecule has 1 aromatic rings. The van der Waals surface area contributed by atoms with E-state index in [2.05, 4.69) is 29.7 Å². The molecule has 0 radical (unpaired) electrons. The zero-order valence-corrected chi connectivity index (χ0v) is 10.9. The van der Waals surface area contributed by atoms with Crippen molar-refractivity contribution in [3.63, 3.8) is 0 Å². The van der Waals surface area contributed by atoms with Gasteiger partial charge >= 0.3 is 0 Å². The zero-order valence-electron chi connectivity index (χ0n) is 10.9. The Morgan fingerprint density at radius 1 is 1.41 bits per heavy atom. The van der Waals surface area contributed by atoms with E-state index >= 15 is 0 Å². The van der Waals surface area contributed by atoms with Crippen LogP contribution in [0.5, 0.6) is 0 Å². The van der Waals surface area contributed by atoms with Gasteiger partial charge in [-0.2, -0.15) is 0 Å². The second-order valence-electron chi connectivity index (χ2n) is 4.31. The van der Waals surface area contributed by atoms with Crippen LogP contribution in [0.25, 0.3) is 0 Å². The van der Waals surface area contributed by atoms with Crippen LogP contribution in [0.3, 0.4) is 0 Å².